The van der Waals surface area contributed by atoms with Crippen molar-refractivity contribution < 1.29 is 23.1 Å². The van der Waals surface area contributed by atoms with Crippen LogP contribution < -0.4 is 5.32 Å². The summed E-state index contributed by atoms with van der Waals surface area (Å²) >= 11 is 5.50. The van der Waals surface area contributed by atoms with Crippen LogP contribution in [0.1, 0.15) is 28.8 Å². The van der Waals surface area contributed by atoms with Crippen molar-refractivity contribution in [1.29, 1.82) is 0 Å². The molecular formula is C13H13ClF3NO2. The number of nitrogens with one attached hydrogen (secondary N) is 1. The Balaban J connectivity index is 2.36. The number of halogens is 4. The van der Waals surface area contributed by atoms with Gasteiger partial charge in [0.2, 0.25) is 0 Å². The normalized spacial score (nSPS) is 18.9. The molecule has 0 aromatic heterocycles. The summed E-state index contributed by atoms with van der Waals surface area (Å²) in [6.45, 7) is 0.893. The van der Waals surface area contributed by atoms with E-state index >= 15 is 0 Å². The molecule has 0 bridgehead atoms. The Morgan fingerprint density at radius 3 is 2.45 bits per heavy atom. The molecule has 0 amide bonds. The van der Waals surface area contributed by atoms with Crippen LogP contribution in [0.25, 0.3) is 0 Å². The Bertz CT molecular complexity index is 525. The lowest BCUT2D eigenvalue weighted by molar-refractivity contribution is -0.137. The zero-order valence-electron chi connectivity index (χ0n) is 10.4. The van der Waals surface area contributed by atoms with Gasteiger partial charge in [-0.2, -0.15) is 13.2 Å². The van der Waals surface area contributed by atoms with Crippen molar-refractivity contribution in [1.82, 2.24) is 5.32 Å². The number of ketones is 1. The van der Waals surface area contributed by atoms with Crippen LogP contribution in [0.4, 0.5) is 13.2 Å². The number of hydrogen-bond acceptors (Lipinski definition) is 3. The van der Waals surface area contributed by atoms with Gasteiger partial charge in [0, 0.05) is 5.56 Å². The van der Waals surface area contributed by atoms with E-state index < -0.39 is 28.1 Å². The van der Waals surface area contributed by atoms with E-state index in [-0.39, 0.29) is 18.4 Å². The molecule has 7 heteroatoms. The number of rotatable bonds is 2. The highest BCUT2D eigenvalue weighted by Gasteiger charge is 2.39. The van der Waals surface area contributed by atoms with Crippen molar-refractivity contribution in [2.45, 2.75) is 24.6 Å². The van der Waals surface area contributed by atoms with Crippen LogP contribution in [0, 0.1) is 0 Å². The first-order chi connectivity index (χ1) is 9.24. The Kier molecular flexibility index (Phi) is 4.09. The lowest BCUT2D eigenvalue weighted by atomic mass is 9.84. The second kappa shape index (κ2) is 5.35. The summed E-state index contributed by atoms with van der Waals surface area (Å²) in [5, 5.41) is 12.8. The van der Waals surface area contributed by atoms with Gasteiger partial charge in [-0.15, -0.1) is 0 Å². The summed E-state index contributed by atoms with van der Waals surface area (Å²) in [5.74, 6) is -0.693. The van der Waals surface area contributed by atoms with E-state index in [1.54, 1.807) is 0 Å². The van der Waals surface area contributed by atoms with Gasteiger partial charge < -0.3 is 10.4 Å². The van der Waals surface area contributed by atoms with Crippen molar-refractivity contribution in [3.63, 3.8) is 0 Å². The van der Waals surface area contributed by atoms with E-state index in [0.29, 0.717) is 19.2 Å². The monoisotopic (exact) mass is 307 g/mol. The van der Waals surface area contributed by atoms with Gasteiger partial charge in [0.1, 0.15) is 5.60 Å². The lowest BCUT2D eigenvalue weighted by Gasteiger charge is -2.31. The number of aliphatic hydroxyl groups is 1. The highest BCUT2D eigenvalue weighted by molar-refractivity contribution is 6.31. The molecule has 0 unspecified atom stereocenters. The van der Waals surface area contributed by atoms with Crippen LogP contribution in [0.2, 0.25) is 5.02 Å². The Morgan fingerprint density at radius 1 is 1.30 bits per heavy atom. The summed E-state index contributed by atoms with van der Waals surface area (Å²) in [6.07, 6.45) is -4.28. The minimum absolute atomic E-state index is 0.175. The Labute approximate surface area is 118 Å². The van der Waals surface area contributed by atoms with Gasteiger partial charge >= 0.3 is 6.18 Å². The zero-order valence-corrected chi connectivity index (χ0v) is 11.2. The second-order valence-electron chi connectivity index (χ2n) is 4.80. The van der Waals surface area contributed by atoms with Gasteiger partial charge in [-0.25, -0.2) is 0 Å². The van der Waals surface area contributed by atoms with Gasteiger partial charge in [-0.1, -0.05) is 11.6 Å². The van der Waals surface area contributed by atoms with E-state index in [1.807, 2.05) is 0 Å². The SMILES string of the molecule is O=C(c1ccc(Cl)c(C(F)(F)F)c1)C1(O)CCNCC1. The number of piperidine rings is 1. The van der Waals surface area contributed by atoms with Crippen molar-refractivity contribution in [2.24, 2.45) is 0 Å². The van der Waals surface area contributed by atoms with Gasteiger partial charge in [-0.3, -0.25) is 4.79 Å². The largest absolute Gasteiger partial charge is 0.417 e. The molecule has 1 saturated heterocycles. The third-order valence-electron chi connectivity index (χ3n) is 3.39. The molecule has 1 fully saturated rings. The maximum absolute atomic E-state index is 12.8. The molecule has 3 nitrogen and oxygen atoms in total. The van der Waals surface area contributed by atoms with E-state index in [0.717, 1.165) is 6.07 Å². The number of carbonyl (C=O) groups is 1. The number of benzene rings is 1. The molecular weight excluding hydrogens is 295 g/mol. The highest BCUT2D eigenvalue weighted by atomic mass is 35.5. The van der Waals surface area contributed by atoms with Crippen LogP contribution in [-0.2, 0) is 6.18 Å². The van der Waals surface area contributed by atoms with Crippen LogP contribution in [0.15, 0.2) is 18.2 Å². The second-order valence-corrected chi connectivity index (χ2v) is 5.21. The lowest BCUT2D eigenvalue weighted by Crippen LogP contribution is -2.47. The van der Waals surface area contributed by atoms with Crippen LogP contribution in [0.3, 0.4) is 0 Å². The summed E-state index contributed by atoms with van der Waals surface area (Å²) in [6, 6.07) is 2.94. The molecule has 1 aromatic rings. The topological polar surface area (TPSA) is 49.3 Å². The maximum Gasteiger partial charge on any atom is 0.417 e. The molecule has 20 heavy (non-hydrogen) atoms. The van der Waals surface area contributed by atoms with E-state index in [4.69, 9.17) is 11.6 Å². The Morgan fingerprint density at radius 2 is 1.90 bits per heavy atom. The molecule has 0 atom stereocenters. The van der Waals surface area contributed by atoms with Gasteiger partial charge in [0.15, 0.2) is 5.78 Å². The van der Waals surface area contributed by atoms with Crippen molar-refractivity contribution in [2.75, 3.05) is 13.1 Å². The van der Waals surface area contributed by atoms with Crippen molar-refractivity contribution in [3.05, 3.63) is 34.3 Å². The third-order valence-corrected chi connectivity index (χ3v) is 3.72. The average Bonchev–Trinajstić information content (AvgIpc) is 2.38. The van der Waals surface area contributed by atoms with E-state index in [9.17, 15) is 23.1 Å². The van der Waals surface area contributed by atoms with E-state index in [2.05, 4.69) is 5.32 Å². The summed E-state index contributed by atoms with van der Waals surface area (Å²) in [7, 11) is 0. The molecule has 0 aliphatic carbocycles. The van der Waals surface area contributed by atoms with Crippen LogP contribution in [0.5, 0.6) is 0 Å². The summed E-state index contributed by atoms with van der Waals surface area (Å²) in [4.78, 5) is 12.2. The first kappa shape index (κ1) is 15.3. The smallest absolute Gasteiger partial charge is 0.382 e. The fourth-order valence-electron chi connectivity index (χ4n) is 2.22. The number of Topliss-reactive ketones (excluding diaryl/α,β-unsaturated/α-hetero) is 1. The fourth-order valence-corrected chi connectivity index (χ4v) is 2.44. The molecule has 1 aliphatic rings. The average molecular weight is 308 g/mol. The molecule has 2 N–H and O–H groups in total. The standard InChI is InChI=1S/C13H13ClF3NO2/c14-10-2-1-8(7-9(10)13(15,16)17)11(19)12(20)3-5-18-6-4-12/h1-2,7,18,20H,3-6H2. The summed E-state index contributed by atoms with van der Waals surface area (Å²) in [5.41, 5.74) is -2.85. The number of hydrogen-bond donors (Lipinski definition) is 2. The molecule has 2 rings (SSSR count). The zero-order chi connectivity index (χ0) is 15.0. The maximum atomic E-state index is 12.8. The first-order valence-corrected chi connectivity index (χ1v) is 6.46. The number of alkyl halides is 3. The van der Waals surface area contributed by atoms with Crippen molar-refractivity contribution >= 4 is 17.4 Å². The van der Waals surface area contributed by atoms with Crippen molar-refractivity contribution in [3.8, 4) is 0 Å². The summed E-state index contributed by atoms with van der Waals surface area (Å²) < 4.78 is 38.3. The molecule has 1 heterocycles. The fraction of sp³-hybridized carbons (Fsp3) is 0.462. The van der Waals surface area contributed by atoms with E-state index in [1.165, 1.54) is 6.07 Å². The molecule has 0 spiro atoms. The quantitative estimate of drug-likeness (QED) is 0.826. The molecule has 0 saturated carbocycles. The predicted octanol–water partition coefficient (Wildman–Crippen LogP) is 2.66. The third kappa shape index (κ3) is 2.97. The molecule has 110 valence electrons. The van der Waals surface area contributed by atoms with Crippen LogP contribution >= 0.6 is 11.6 Å². The Hall–Kier alpha value is -1.11. The van der Waals surface area contributed by atoms with Gasteiger partial charge in [0.25, 0.3) is 0 Å². The van der Waals surface area contributed by atoms with Crippen LogP contribution in [-0.4, -0.2) is 29.6 Å². The predicted molar refractivity (Wildman–Crippen MR) is 67.8 cm³/mol. The minimum atomic E-state index is -4.63. The molecule has 0 radical (unpaired) electrons. The molecule has 1 aliphatic heterocycles. The highest BCUT2D eigenvalue weighted by Crippen LogP contribution is 2.36. The van der Waals surface area contributed by atoms with Gasteiger partial charge in [-0.05, 0) is 44.1 Å². The first-order valence-electron chi connectivity index (χ1n) is 6.09. The van der Waals surface area contributed by atoms with Gasteiger partial charge in [0.05, 0.1) is 10.6 Å². The number of carbonyl (C=O) groups excluding carboxylic acids is 1. The molecule has 1 aromatic carbocycles. The minimum Gasteiger partial charge on any atom is -0.382 e.